The summed E-state index contributed by atoms with van der Waals surface area (Å²) < 4.78 is 0. The highest BCUT2D eigenvalue weighted by Gasteiger charge is 2.16. The number of piperidine rings is 1. The van der Waals surface area contributed by atoms with Gasteiger partial charge in [-0.1, -0.05) is 62.7 Å². The van der Waals surface area contributed by atoms with Crippen molar-refractivity contribution < 1.29 is 0 Å². The summed E-state index contributed by atoms with van der Waals surface area (Å²) in [5.74, 6) is 2.19. The van der Waals surface area contributed by atoms with Crippen molar-refractivity contribution >= 4 is 11.8 Å². The van der Waals surface area contributed by atoms with E-state index in [9.17, 15) is 0 Å². The molecule has 0 bridgehead atoms. The Labute approximate surface area is 158 Å². The molecule has 1 heterocycles. The average molecular weight is 356 g/mol. The van der Waals surface area contributed by atoms with Crippen LogP contribution in [0.15, 0.2) is 59.5 Å². The number of thioether (sulfide) groups is 1. The van der Waals surface area contributed by atoms with E-state index < -0.39 is 0 Å². The molecular formula is C23H33NS. The molecule has 0 saturated carbocycles. The second-order valence-corrected chi connectivity index (χ2v) is 8.15. The molecule has 0 spiro atoms. The van der Waals surface area contributed by atoms with Gasteiger partial charge in [0.1, 0.15) is 0 Å². The van der Waals surface area contributed by atoms with E-state index >= 15 is 0 Å². The molecule has 0 amide bonds. The normalized spacial score (nSPS) is 15.5. The van der Waals surface area contributed by atoms with Crippen LogP contribution in [0.5, 0.6) is 0 Å². The standard InChI is InChI=1S/C20H25NS.C3H8/c1-21-14-11-17(12-15-21)13-16-22-20-9-7-19(8-10-20)18-5-3-2-4-6-18;1-3-2/h2-10,17H,11-16H2,1H3;3H2,1-2H3. The van der Waals surface area contributed by atoms with E-state index in [1.54, 1.807) is 0 Å². The molecule has 0 aromatic heterocycles. The van der Waals surface area contributed by atoms with Gasteiger partial charge in [0.25, 0.3) is 0 Å². The molecule has 0 radical (unpaired) electrons. The van der Waals surface area contributed by atoms with E-state index in [1.807, 2.05) is 11.8 Å². The van der Waals surface area contributed by atoms with Crippen LogP contribution in [0.2, 0.25) is 0 Å². The Morgan fingerprint density at radius 2 is 1.44 bits per heavy atom. The first kappa shape index (κ1) is 20.1. The summed E-state index contributed by atoms with van der Waals surface area (Å²) >= 11 is 2.01. The van der Waals surface area contributed by atoms with Crippen LogP contribution < -0.4 is 0 Å². The number of hydrogen-bond acceptors (Lipinski definition) is 2. The third-order valence-corrected chi connectivity index (χ3v) is 5.64. The lowest BCUT2D eigenvalue weighted by Crippen LogP contribution is -2.30. The topological polar surface area (TPSA) is 3.24 Å². The van der Waals surface area contributed by atoms with Gasteiger partial charge in [0, 0.05) is 4.90 Å². The van der Waals surface area contributed by atoms with E-state index in [1.165, 1.54) is 60.5 Å². The summed E-state index contributed by atoms with van der Waals surface area (Å²) in [5.41, 5.74) is 2.60. The first-order valence-corrected chi connectivity index (χ1v) is 10.7. The zero-order valence-corrected chi connectivity index (χ0v) is 16.9. The number of nitrogens with zero attached hydrogens (tertiary/aromatic N) is 1. The second-order valence-electron chi connectivity index (χ2n) is 6.98. The molecule has 0 N–H and O–H groups in total. The van der Waals surface area contributed by atoms with Gasteiger partial charge in [-0.25, -0.2) is 0 Å². The van der Waals surface area contributed by atoms with Crippen molar-refractivity contribution in [3.05, 3.63) is 54.6 Å². The number of hydrogen-bond donors (Lipinski definition) is 0. The summed E-state index contributed by atoms with van der Waals surface area (Å²) in [6, 6.07) is 19.6. The van der Waals surface area contributed by atoms with E-state index in [-0.39, 0.29) is 0 Å². The van der Waals surface area contributed by atoms with Crippen molar-refractivity contribution in [1.82, 2.24) is 4.90 Å². The molecule has 1 aliphatic heterocycles. The first-order chi connectivity index (χ1) is 12.2. The van der Waals surface area contributed by atoms with Crippen LogP contribution in [-0.4, -0.2) is 30.8 Å². The van der Waals surface area contributed by atoms with Gasteiger partial charge in [-0.15, -0.1) is 11.8 Å². The SMILES string of the molecule is CCC.CN1CCC(CCSc2ccc(-c3ccccc3)cc2)CC1. The molecule has 0 unspecified atom stereocenters. The van der Waals surface area contributed by atoms with Crippen molar-refractivity contribution in [2.45, 2.75) is 44.4 Å². The highest BCUT2D eigenvalue weighted by molar-refractivity contribution is 7.99. The van der Waals surface area contributed by atoms with Crippen molar-refractivity contribution in [3.8, 4) is 11.1 Å². The Balaban J connectivity index is 0.000000701. The van der Waals surface area contributed by atoms with E-state index in [2.05, 4.69) is 80.4 Å². The van der Waals surface area contributed by atoms with Gasteiger partial charge in [0.05, 0.1) is 0 Å². The van der Waals surface area contributed by atoms with Crippen LogP contribution in [-0.2, 0) is 0 Å². The van der Waals surface area contributed by atoms with Gasteiger partial charge >= 0.3 is 0 Å². The lowest BCUT2D eigenvalue weighted by Gasteiger charge is -2.28. The third-order valence-electron chi connectivity index (χ3n) is 4.59. The lowest BCUT2D eigenvalue weighted by molar-refractivity contribution is 0.217. The Morgan fingerprint density at radius 1 is 0.880 bits per heavy atom. The fourth-order valence-electron chi connectivity index (χ4n) is 3.07. The Kier molecular flexibility index (Phi) is 9.14. The molecule has 2 aromatic carbocycles. The molecule has 3 rings (SSSR count). The van der Waals surface area contributed by atoms with Crippen molar-refractivity contribution in [2.24, 2.45) is 5.92 Å². The first-order valence-electron chi connectivity index (χ1n) is 9.69. The molecule has 2 heteroatoms. The highest BCUT2D eigenvalue weighted by atomic mass is 32.2. The Morgan fingerprint density at radius 3 is 2.04 bits per heavy atom. The molecule has 1 aliphatic rings. The van der Waals surface area contributed by atoms with Crippen molar-refractivity contribution in [2.75, 3.05) is 25.9 Å². The van der Waals surface area contributed by atoms with Crippen LogP contribution >= 0.6 is 11.8 Å². The van der Waals surface area contributed by atoms with Gasteiger partial charge in [0.2, 0.25) is 0 Å². The fraction of sp³-hybridized carbons (Fsp3) is 0.478. The molecular weight excluding hydrogens is 322 g/mol. The van der Waals surface area contributed by atoms with Crippen LogP contribution in [0.25, 0.3) is 11.1 Å². The minimum atomic E-state index is 0.937. The smallest absolute Gasteiger partial charge is 0.00723 e. The van der Waals surface area contributed by atoms with E-state index in [4.69, 9.17) is 0 Å². The zero-order valence-electron chi connectivity index (χ0n) is 16.1. The summed E-state index contributed by atoms with van der Waals surface area (Å²) in [4.78, 5) is 3.85. The molecule has 0 aliphatic carbocycles. The summed E-state index contributed by atoms with van der Waals surface area (Å²) in [5, 5.41) is 0. The molecule has 136 valence electrons. The number of likely N-dealkylation sites (tertiary alicyclic amines) is 1. The molecule has 0 atom stereocenters. The van der Waals surface area contributed by atoms with Crippen molar-refractivity contribution in [1.29, 1.82) is 0 Å². The molecule has 2 aromatic rings. The molecule has 1 fully saturated rings. The number of rotatable bonds is 5. The summed E-state index contributed by atoms with van der Waals surface area (Å²) in [7, 11) is 2.24. The molecule has 1 saturated heterocycles. The lowest BCUT2D eigenvalue weighted by atomic mass is 9.95. The highest BCUT2D eigenvalue weighted by Crippen LogP contribution is 2.27. The van der Waals surface area contributed by atoms with Gasteiger partial charge in [-0.2, -0.15) is 0 Å². The number of benzene rings is 2. The largest absolute Gasteiger partial charge is 0.306 e. The maximum Gasteiger partial charge on any atom is 0.00723 e. The van der Waals surface area contributed by atoms with Crippen LogP contribution in [0.3, 0.4) is 0 Å². The quantitative estimate of drug-likeness (QED) is 0.556. The fourth-order valence-corrected chi connectivity index (χ4v) is 4.08. The third kappa shape index (κ3) is 7.25. The van der Waals surface area contributed by atoms with Crippen molar-refractivity contribution in [3.63, 3.8) is 0 Å². The summed E-state index contributed by atoms with van der Waals surface area (Å²) in [6.07, 6.45) is 5.37. The van der Waals surface area contributed by atoms with E-state index in [0.29, 0.717) is 0 Å². The maximum atomic E-state index is 2.45. The minimum absolute atomic E-state index is 0.937. The van der Waals surface area contributed by atoms with Crippen LogP contribution in [0.4, 0.5) is 0 Å². The Hall–Kier alpha value is -1.25. The predicted octanol–water partition coefficient (Wildman–Crippen LogP) is 6.59. The minimum Gasteiger partial charge on any atom is -0.306 e. The van der Waals surface area contributed by atoms with Gasteiger partial charge in [-0.3, -0.25) is 0 Å². The van der Waals surface area contributed by atoms with Gasteiger partial charge in [-0.05, 0) is 74.3 Å². The Bertz CT molecular complexity index is 571. The maximum absolute atomic E-state index is 2.45. The van der Waals surface area contributed by atoms with Gasteiger partial charge in [0.15, 0.2) is 0 Å². The van der Waals surface area contributed by atoms with Gasteiger partial charge < -0.3 is 4.90 Å². The molecule has 25 heavy (non-hydrogen) atoms. The molecule has 1 nitrogen and oxygen atoms in total. The second kappa shape index (κ2) is 11.4. The van der Waals surface area contributed by atoms with E-state index in [0.717, 1.165) is 5.92 Å². The predicted molar refractivity (Wildman–Crippen MR) is 113 cm³/mol. The summed E-state index contributed by atoms with van der Waals surface area (Å²) in [6.45, 7) is 6.81. The van der Waals surface area contributed by atoms with Crippen LogP contribution in [0, 0.1) is 5.92 Å². The average Bonchev–Trinajstić information content (AvgIpc) is 2.65. The zero-order chi connectivity index (χ0) is 17.9. The monoisotopic (exact) mass is 355 g/mol. The van der Waals surface area contributed by atoms with Crippen LogP contribution in [0.1, 0.15) is 39.5 Å².